The van der Waals surface area contributed by atoms with Crippen molar-refractivity contribution in [2.75, 3.05) is 7.05 Å². The molecule has 0 aromatic carbocycles. The fourth-order valence-corrected chi connectivity index (χ4v) is 3.24. The van der Waals surface area contributed by atoms with Gasteiger partial charge in [-0.3, -0.25) is 0 Å². The minimum absolute atomic E-state index is 0.281. The van der Waals surface area contributed by atoms with E-state index in [1.807, 2.05) is 0 Å². The standard InChI is InChI=1S/C9H15FN2O3S/c1-3(13)7-6(14)4(10)5-8(16-7)15-9(11-2)12-5/h3-8,13-14H,1-2H3,(H,11,12)/t3-,4-,5+,6-,7+,8-/m0/s1. The highest BCUT2D eigenvalue weighted by atomic mass is 32.2. The van der Waals surface area contributed by atoms with Crippen LogP contribution < -0.4 is 5.32 Å². The zero-order valence-electron chi connectivity index (χ0n) is 9.00. The van der Waals surface area contributed by atoms with Crippen molar-refractivity contribution in [1.29, 1.82) is 0 Å². The second kappa shape index (κ2) is 4.38. The maximum absolute atomic E-state index is 13.9. The zero-order valence-corrected chi connectivity index (χ0v) is 9.82. The molecule has 0 aromatic rings. The quantitative estimate of drug-likeness (QED) is 0.584. The van der Waals surface area contributed by atoms with Crippen molar-refractivity contribution in [2.24, 2.45) is 4.99 Å². The molecule has 6 atom stereocenters. The lowest BCUT2D eigenvalue weighted by molar-refractivity contribution is 0.0129. The van der Waals surface area contributed by atoms with Gasteiger partial charge in [-0.15, -0.1) is 11.8 Å². The Kier molecular flexibility index (Phi) is 3.27. The first-order valence-electron chi connectivity index (χ1n) is 5.12. The SMILES string of the molecule is CNC1=N[C@@H]2[C@H](F)[C@H](O)[C@@H]([C@H](C)O)S[C@@H]2O1. The van der Waals surface area contributed by atoms with Gasteiger partial charge in [0.15, 0.2) is 11.6 Å². The van der Waals surface area contributed by atoms with E-state index in [1.54, 1.807) is 7.05 Å². The smallest absolute Gasteiger partial charge is 0.286 e. The molecule has 16 heavy (non-hydrogen) atoms. The number of hydrogen-bond acceptors (Lipinski definition) is 6. The number of thioether (sulfide) groups is 1. The molecule has 92 valence electrons. The summed E-state index contributed by atoms with van der Waals surface area (Å²) in [7, 11) is 1.64. The Morgan fingerprint density at radius 1 is 1.62 bits per heavy atom. The summed E-state index contributed by atoms with van der Waals surface area (Å²) in [6.45, 7) is 1.53. The van der Waals surface area contributed by atoms with Gasteiger partial charge in [0.2, 0.25) is 0 Å². The van der Waals surface area contributed by atoms with E-state index in [2.05, 4.69) is 10.3 Å². The Hall–Kier alpha value is -0.530. The van der Waals surface area contributed by atoms with Crippen LogP contribution in [-0.4, -0.2) is 58.4 Å². The maximum atomic E-state index is 13.9. The number of hydrogen-bond donors (Lipinski definition) is 3. The molecule has 2 aliphatic heterocycles. The lowest BCUT2D eigenvalue weighted by Gasteiger charge is -2.37. The van der Waals surface area contributed by atoms with Crippen LogP contribution in [0.1, 0.15) is 6.92 Å². The van der Waals surface area contributed by atoms with Crippen molar-refractivity contribution in [3.05, 3.63) is 0 Å². The summed E-state index contributed by atoms with van der Waals surface area (Å²) in [6, 6.07) is -0.416. The van der Waals surface area contributed by atoms with Crippen LogP contribution in [0.15, 0.2) is 4.99 Å². The fraction of sp³-hybridized carbons (Fsp3) is 0.889. The van der Waals surface area contributed by atoms with Crippen LogP contribution >= 0.6 is 11.8 Å². The molecule has 2 heterocycles. The van der Waals surface area contributed by atoms with Gasteiger partial charge in [-0.1, -0.05) is 0 Å². The lowest BCUT2D eigenvalue weighted by atomic mass is 10.0. The Balaban J connectivity index is 2.14. The summed E-state index contributed by atoms with van der Waals surface area (Å²) < 4.78 is 19.2. The molecule has 1 fully saturated rings. The second-order valence-corrected chi connectivity index (χ2v) is 5.22. The first kappa shape index (κ1) is 11.9. The molecule has 0 amide bonds. The first-order chi connectivity index (χ1) is 7.54. The van der Waals surface area contributed by atoms with Gasteiger partial charge in [0, 0.05) is 7.05 Å². The molecule has 2 aliphatic rings. The molecule has 1 saturated heterocycles. The van der Waals surface area contributed by atoms with E-state index in [1.165, 1.54) is 18.7 Å². The Morgan fingerprint density at radius 3 is 2.88 bits per heavy atom. The van der Waals surface area contributed by atoms with Gasteiger partial charge < -0.3 is 20.3 Å². The Bertz CT molecular complexity index is 302. The molecule has 3 N–H and O–H groups in total. The largest absolute Gasteiger partial charge is 0.448 e. The van der Waals surface area contributed by atoms with Crippen LogP contribution in [0.25, 0.3) is 0 Å². The molecular weight excluding hydrogens is 235 g/mol. The number of halogens is 1. The fourth-order valence-electron chi connectivity index (χ4n) is 1.88. The molecular formula is C9H15FN2O3S. The number of ether oxygens (including phenoxy) is 1. The molecule has 0 aromatic heterocycles. The third kappa shape index (κ3) is 1.87. The summed E-state index contributed by atoms with van der Waals surface area (Å²) in [5.74, 6) is 0. The van der Waals surface area contributed by atoms with E-state index in [-0.39, 0.29) is 6.02 Å². The van der Waals surface area contributed by atoms with Crippen LogP contribution in [0.3, 0.4) is 0 Å². The number of aliphatic imine (C=N–C) groups is 1. The van der Waals surface area contributed by atoms with E-state index in [0.717, 1.165) is 0 Å². The van der Waals surface area contributed by atoms with Gasteiger partial charge in [-0.2, -0.15) is 0 Å². The topological polar surface area (TPSA) is 74.1 Å². The summed E-state index contributed by atoms with van der Waals surface area (Å²) in [5, 5.41) is 21.3. The average molecular weight is 250 g/mol. The summed E-state index contributed by atoms with van der Waals surface area (Å²) >= 11 is 1.22. The molecule has 2 rings (SSSR count). The van der Waals surface area contributed by atoms with Crippen LogP contribution in [0, 0.1) is 0 Å². The van der Waals surface area contributed by atoms with Gasteiger partial charge in [0.25, 0.3) is 6.02 Å². The monoisotopic (exact) mass is 250 g/mol. The van der Waals surface area contributed by atoms with Crippen LogP contribution in [0.4, 0.5) is 4.39 Å². The summed E-state index contributed by atoms with van der Waals surface area (Å²) in [6.07, 6.45) is -3.51. The van der Waals surface area contributed by atoms with Gasteiger partial charge in [0.1, 0.15) is 12.1 Å². The average Bonchev–Trinajstić information content (AvgIpc) is 2.66. The van der Waals surface area contributed by atoms with Crippen molar-refractivity contribution in [2.45, 2.75) is 42.0 Å². The molecule has 5 nitrogen and oxygen atoms in total. The second-order valence-electron chi connectivity index (χ2n) is 3.94. The molecule has 0 radical (unpaired) electrons. The highest BCUT2D eigenvalue weighted by Crippen LogP contribution is 2.40. The molecule has 0 bridgehead atoms. The molecule has 0 saturated carbocycles. The number of nitrogens with zero attached hydrogens (tertiary/aromatic N) is 1. The highest BCUT2D eigenvalue weighted by molar-refractivity contribution is 8.00. The van der Waals surface area contributed by atoms with Gasteiger partial charge in [-0.05, 0) is 6.92 Å². The van der Waals surface area contributed by atoms with E-state index in [0.29, 0.717) is 0 Å². The zero-order chi connectivity index (χ0) is 11.9. The van der Waals surface area contributed by atoms with Crippen molar-refractivity contribution >= 4 is 17.8 Å². The van der Waals surface area contributed by atoms with Crippen molar-refractivity contribution in [3.8, 4) is 0 Å². The number of fused-ring (bicyclic) bond motifs is 1. The number of aliphatic hydroxyl groups excluding tert-OH is 2. The van der Waals surface area contributed by atoms with Crippen LogP contribution in [0.2, 0.25) is 0 Å². The summed E-state index contributed by atoms with van der Waals surface area (Å²) in [4.78, 5) is 4.00. The molecule has 0 spiro atoms. The third-order valence-corrected chi connectivity index (χ3v) is 4.37. The predicted octanol–water partition coefficient (Wildman–Crippen LogP) is -0.518. The Morgan fingerprint density at radius 2 is 2.31 bits per heavy atom. The van der Waals surface area contributed by atoms with Crippen LogP contribution in [-0.2, 0) is 4.74 Å². The minimum Gasteiger partial charge on any atom is -0.448 e. The van der Waals surface area contributed by atoms with E-state index in [9.17, 15) is 14.6 Å². The highest BCUT2D eigenvalue weighted by Gasteiger charge is 2.50. The van der Waals surface area contributed by atoms with Gasteiger partial charge in [-0.25, -0.2) is 9.38 Å². The van der Waals surface area contributed by atoms with Gasteiger partial charge in [0.05, 0.1) is 11.4 Å². The molecule has 0 aliphatic carbocycles. The Labute approximate surface area is 97.1 Å². The number of nitrogens with one attached hydrogen (secondary N) is 1. The van der Waals surface area contributed by atoms with E-state index < -0.39 is 35.1 Å². The van der Waals surface area contributed by atoms with Crippen LogP contribution in [0.5, 0.6) is 0 Å². The van der Waals surface area contributed by atoms with E-state index in [4.69, 9.17) is 4.74 Å². The number of aliphatic hydroxyl groups is 2. The molecule has 0 unspecified atom stereocenters. The maximum Gasteiger partial charge on any atom is 0.286 e. The molecule has 7 heteroatoms. The normalized spacial score (nSPS) is 44.3. The summed E-state index contributed by atoms with van der Waals surface area (Å²) in [5.41, 5.74) is -0.472. The van der Waals surface area contributed by atoms with E-state index >= 15 is 0 Å². The van der Waals surface area contributed by atoms with Crippen molar-refractivity contribution in [3.63, 3.8) is 0 Å². The van der Waals surface area contributed by atoms with Crippen molar-refractivity contribution < 1.29 is 19.3 Å². The predicted molar refractivity (Wildman–Crippen MR) is 59.1 cm³/mol. The lowest BCUT2D eigenvalue weighted by Crippen LogP contribution is -2.52. The van der Waals surface area contributed by atoms with Gasteiger partial charge >= 0.3 is 0 Å². The minimum atomic E-state index is -1.50. The number of rotatable bonds is 1. The number of alkyl halides is 1. The first-order valence-corrected chi connectivity index (χ1v) is 6.06. The third-order valence-electron chi connectivity index (χ3n) is 2.74. The van der Waals surface area contributed by atoms with Crippen molar-refractivity contribution in [1.82, 2.24) is 5.32 Å². The number of amidine groups is 1.